The Kier molecular flexibility index (Phi) is 6.56. The van der Waals surface area contributed by atoms with Crippen molar-refractivity contribution < 1.29 is 19.4 Å². The molecular formula is C15H21NO4. The Morgan fingerprint density at radius 1 is 1.20 bits per heavy atom. The van der Waals surface area contributed by atoms with Crippen LogP contribution in [0.5, 0.6) is 0 Å². The molecule has 0 aliphatic carbocycles. The largest absolute Gasteiger partial charge is 0.480 e. The molecule has 20 heavy (non-hydrogen) atoms. The number of carbonyl (C=O) groups is 2. The van der Waals surface area contributed by atoms with E-state index in [1.165, 1.54) is 0 Å². The minimum atomic E-state index is -1.03. The van der Waals surface area contributed by atoms with E-state index in [1.54, 1.807) is 0 Å². The maximum Gasteiger partial charge on any atom is 0.408 e. The van der Waals surface area contributed by atoms with Crippen LogP contribution in [0.3, 0.4) is 0 Å². The molecule has 5 nitrogen and oxygen atoms in total. The first kappa shape index (κ1) is 16.0. The van der Waals surface area contributed by atoms with E-state index in [-0.39, 0.29) is 12.5 Å². The van der Waals surface area contributed by atoms with E-state index < -0.39 is 18.1 Å². The van der Waals surface area contributed by atoms with Gasteiger partial charge in [-0.25, -0.2) is 9.59 Å². The maximum atomic E-state index is 11.7. The van der Waals surface area contributed by atoms with Crippen molar-refractivity contribution in [3.8, 4) is 0 Å². The normalized spacial score (nSPS) is 11.9. The van der Waals surface area contributed by atoms with Crippen LogP contribution >= 0.6 is 0 Å². The first-order valence-corrected chi connectivity index (χ1v) is 6.78. The molecule has 1 amide bonds. The number of nitrogens with one attached hydrogen (secondary N) is 1. The second kappa shape index (κ2) is 8.19. The molecule has 0 spiro atoms. The third kappa shape index (κ3) is 4.91. The Hall–Kier alpha value is -2.04. The smallest absolute Gasteiger partial charge is 0.408 e. The van der Waals surface area contributed by atoms with Crippen molar-refractivity contribution in [3.63, 3.8) is 0 Å². The first-order valence-electron chi connectivity index (χ1n) is 6.78. The highest BCUT2D eigenvalue weighted by molar-refractivity contribution is 5.80. The Balaban J connectivity index is 2.52. The average molecular weight is 279 g/mol. The van der Waals surface area contributed by atoms with Gasteiger partial charge in [0, 0.05) is 0 Å². The minimum Gasteiger partial charge on any atom is -0.480 e. The SMILES string of the molecule is CCC(CC)C(NC(=O)OCc1ccccc1)C(=O)O. The molecule has 0 aliphatic rings. The Morgan fingerprint density at radius 2 is 1.80 bits per heavy atom. The fourth-order valence-electron chi connectivity index (χ4n) is 2.03. The standard InChI is InChI=1S/C15H21NO4/c1-3-12(4-2)13(14(17)18)16-15(19)20-10-11-8-6-5-7-9-11/h5-9,12-13H,3-4,10H2,1-2H3,(H,16,19)(H,17,18). The molecule has 0 fully saturated rings. The molecule has 1 unspecified atom stereocenters. The molecule has 5 heteroatoms. The number of carbonyl (C=O) groups excluding carboxylic acids is 1. The molecule has 0 aliphatic heterocycles. The maximum absolute atomic E-state index is 11.7. The van der Waals surface area contributed by atoms with Gasteiger partial charge in [-0.2, -0.15) is 0 Å². The summed E-state index contributed by atoms with van der Waals surface area (Å²) >= 11 is 0. The van der Waals surface area contributed by atoms with E-state index >= 15 is 0 Å². The van der Waals surface area contributed by atoms with E-state index in [9.17, 15) is 9.59 Å². The summed E-state index contributed by atoms with van der Waals surface area (Å²) in [7, 11) is 0. The van der Waals surface area contributed by atoms with Gasteiger partial charge in [-0.15, -0.1) is 0 Å². The molecule has 0 bridgehead atoms. The number of amides is 1. The number of ether oxygens (including phenoxy) is 1. The lowest BCUT2D eigenvalue weighted by Crippen LogP contribution is -2.45. The van der Waals surface area contributed by atoms with Crippen molar-refractivity contribution in [2.75, 3.05) is 0 Å². The minimum absolute atomic E-state index is 0.100. The number of benzene rings is 1. The van der Waals surface area contributed by atoms with Crippen LogP contribution in [0.15, 0.2) is 30.3 Å². The van der Waals surface area contributed by atoms with Gasteiger partial charge in [-0.1, -0.05) is 57.0 Å². The molecule has 1 atom stereocenters. The zero-order valence-electron chi connectivity index (χ0n) is 11.8. The van der Waals surface area contributed by atoms with Gasteiger partial charge in [-0.05, 0) is 11.5 Å². The summed E-state index contributed by atoms with van der Waals surface area (Å²) in [5, 5.41) is 11.6. The van der Waals surface area contributed by atoms with E-state index in [1.807, 2.05) is 44.2 Å². The lowest BCUT2D eigenvalue weighted by atomic mass is 9.94. The first-order chi connectivity index (χ1) is 9.58. The Bertz CT molecular complexity index is 429. The van der Waals surface area contributed by atoms with Crippen LogP contribution in [0.4, 0.5) is 4.79 Å². The molecular weight excluding hydrogens is 258 g/mol. The number of hydrogen-bond acceptors (Lipinski definition) is 3. The summed E-state index contributed by atoms with van der Waals surface area (Å²) in [6, 6.07) is 8.33. The highest BCUT2D eigenvalue weighted by atomic mass is 16.5. The van der Waals surface area contributed by atoms with Gasteiger partial charge in [0.15, 0.2) is 0 Å². The van der Waals surface area contributed by atoms with Gasteiger partial charge in [0.05, 0.1) is 0 Å². The van der Waals surface area contributed by atoms with E-state index in [0.29, 0.717) is 12.8 Å². The zero-order valence-corrected chi connectivity index (χ0v) is 11.8. The van der Waals surface area contributed by atoms with Gasteiger partial charge in [0.2, 0.25) is 0 Å². The highest BCUT2D eigenvalue weighted by Crippen LogP contribution is 2.13. The van der Waals surface area contributed by atoms with Crippen LogP contribution in [0.25, 0.3) is 0 Å². The summed E-state index contributed by atoms with van der Waals surface area (Å²) in [5.74, 6) is -1.13. The Morgan fingerprint density at radius 3 is 2.30 bits per heavy atom. The summed E-state index contributed by atoms with van der Waals surface area (Å²) < 4.78 is 5.03. The van der Waals surface area contributed by atoms with Crippen LogP contribution in [-0.2, 0) is 16.1 Å². The van der Waals surface area contributed by atoms with Crippen molar-refractivity contribution in [1.82, 2.24) is 5.32 Å². The van der Waals surface area contributed by atoms with Crippen molar-refractivity contribution in [2.24, 2.45) is 5.92 Å². The third-order valence-electron chi connectivity index (χ3n) is 3.27. The van der Waals surface area contributed by atoms with Crippen LogP contribution in [0, 0.1) is 5.92 Å². The van der Waals surface area contributed by atoms with Crippen LogP contribution in [0.2, 0.25) is 0 Å². The van der Waals surface area contributed by atoms with E-state index in [4.69, 9.17) is 9.84 Å². The van der Waals surface area contributed by atoms with E-state index in [2.05, 4.69) is 5.32 Å². The van der Waals surface area contributed by atoms with Gasteiger partial charge in [-0.3, -0.25) is 0 Å². The summed E-state index contributed by atoms with van der Waals surface area (Å²) in [6.07, 6.45) is 0.673. The van der Waals surface area contributed by atoms with Gasteiger partial charge >= 0.3 is 12.1 Å². The molecule has 0 radical (unpaired) electrons. The number of aliphatic carboxylic acids is 1. The fourth-order valence-corrected chi connectivity index (χ4v) is 2.03. The predicted molar refractivity (Wildman–Crippen MR) is 75.3 cm³/mol. The lowest BCUT2D eigenvalue weighted by molar-refractivity contribution is -0.141. The van der Waals surface area contributed by atoms with Crippen molar-refractivity contribution in [3.05, 3.63) is 35.9 Å². The van der Waals surface area contributed by atoms with Crippen molar-refractivity contribution in [1.29, 1.82) is 0 Å². The average Bonchev–Trinajstić information content (AvgIpc) is 2.46. The zero-order chi connectivity index (χ0) is 15.0. The topological polar surface area (TPSA) is 75.6 Å². The number of alkyl carbamates (subject to hydrolysis) is 1. The molecule has 110 valence electrons. The molecule has 0 heterocycles. The number of carboxylic acid groups (broad SMARTS) is 1. The van der Waals surface area contributed by atoms with Gasteiger partial charge < -0.3 is 15.2 Å². The van der Waals surface area contributed by atoms with Gasteiger partial charge in [0.1, 0.15) is 12.6 Å². The summed E-state index contributed by atoms with van der Waals surface area (Å²) in [5.41, 5.74) is 0.858. The van der Waals surface area contributed by atoms with Gasteiger partial charge in [0.25, 0.3) is 0 Å². The van der Waals surface area contributed by atoms with Crippen molar-refractivity contribution in [2.45, 2.75) is 39.3 Å². The second-order valence-electron chi connectivity index (χ2n) is 4.60. The lowest BCUT2D eigenvalue weighted by Gasteiger charge is -2.22. The van der Waals surface area contributed by atoms with Crippen LogP contribution in [0.1, 0.15) is 32.3 Å². The number of rotatable bonds is 7. The van der Waals surface area contributed by atoms with Crippen LogP contribution < -0.4 is 5.32 Å². The predicted octanol–water partition coefficient (Wildman–Crippen LogP) is 2.80. The molecule has 0 saturated carbocycles. The monoisotopic (exact) mass is 279 g/mol. The second-order valence-corrected chi connectivity index (χ2v) is 4.60. The van der Waals surface area contributed by atoms with Crippen molar-refractivity contribution >= 4 is 12.1 Å². The number of carboxylic acids is 1. The van der Waals surface area contributed by atoms with Crippen LogP contribution in [-0.4, -0.2) is 23.2 Å². The molecule has 2 N–H and O–H groups in total. The summed E-state index contributed by atoms with van der Waals surface area (Å²) in [6.45, 7) is 3.93. The number of hydrogen-bond donors (Lipinski definition) is 2. The fraction of sp³-hybridized carbons (Fsp3) is 0.467. The molecule has 1 aromatic rings. The molecule has 0 aromatic heterocycles. The third-order valence-corrected chi connectivity index (χ3v) is 3.27. The quantitative estimate of drug-likeness (QED) is 0.804. The van der Waals surface area contributed by atoms with E-state index in [0.717, 1.165) is 5.56 Å². The molecule has 0 saturated heterocycles. The highest BCUT2D eigenvalue weighted by Gasteiger charge is 2.27. The summed E-state index contributed by atoms with van der Waals surface area (Å²) in [4.78, 5) is 22.9. The molecule has 1 aromatic carbocycles. The Labute approximate surface area is 118 Å². The molecule has 1 rings (SSSR count).